The van der Waals surface area contributed by atoms with Gasteiger partial charge in [-0.3, -0.25) is 0 Å². The Bertz CT molecular complexity index is 723. The zero-order valence-corrected chi connectivity index (χ0v) is 25.6. The lowest BCUT2D eigenvalue weighted by molar-refractivity contribution is 0.121. The molecule has 0 fully saturated rings. The van der Waals surface area contributed by atoms with Crippen LogP contribution in [0.4, 0.5) is 0 Å². The molecule has 1 rings (SSSR count). The van der Waals surface area contributed by atoms with Gasteiger partial charge in [0.2, 0.25) is 0 Å². The standard InChI is InChI=1S/C24H46O3Si4/c1-13-16-28(7,8)22-19-21(20-31(25-4,26-5)27-6)23(29(9,10)17-14-2)24(22)30(11,12)18-15-3/h13-15,19,21H,1-3,16-18,20H2,4-12H3. The Kier molecular flexibility index (Phi) is 10.1. The molecular weight excluding hydrogens is 449 g/mol. The maximum Gasteiger partial charge on any atom is 0.501 e. The molecule has 0 bridgehead atoms. The van der Waals surface area contributed by atoms with Crippen LogP contribution in [0, 0.1) is 5.92 Å². The van der Waals surface area contributed by atoms with Gasteiger partial charge in [0.05, 0.1) is 24.2 Å². The highest BCUT2D eigenvalue weighted by atomic mass is 28.4. The van der Waals surface area contributed by atoms with Crippen molar-refractivity contribution in [2.24, 2.45) is 5.92 Å². The van der Waals surface area contributed by atoms with Crippen LogP contribution in [0.2, 0.25) is 63.5 Å². The monoisotopic (exact) mass is 494 g/mol. The molecule has 1 atom stereocenters. The molecule has 0 N–H and O–H groups in total. The summed E-state index contributed by atoms with van der Waals surface area (Å²) in [6.07, 6.45) is 8.96. The fraction of sp³-hybridized carbons (Fsp3) is 0.583. The van der Waals surface area contributed by atoms with Crippen molar-refractivity contribution < 1.29 is 13.3 Å². The van der Waals surface area contributed by atoms with E-state index >= 15 is 0 Å². The molecule has 0 aromatic rings. The van der Waals surface area contributed by atoms with Crippen molar-refractivity contribution in [3.63, 3.8) is 0 Å². The third-order valence-corrected chi connectivity index (χ3v) is 19.9. The molecule has 0 saturated carbocycles. The maximum absolute atomic E-state index is 5.88. The van der Waals surface area contributed by atoms with Crippen molar-refractivity contribution in [2.45, 2.75) is 63.5 Å². The molecule has 1 aliphatic rings. The largest absolute Gasteiger partial charge is 0.501 e. The summed E-state index contributed by atoms with van der Waals surface area (Å²) in [4.78, 5) is 0. The average molecular weight is 495 g/mol. The van der Waals surface area contributed by atoms with Gasteiger partial charge >= 0.3 is 8.80 Å². The second-order valence-corrected chi connectivity index (χ2v) is 27.7. The van der Waals surface area contributed by atoms with E-state index in [1.54, 1.807) is 36.9 Å². The van der Waals surface area contributed by atoms with Gasteiger partial charge in [0.15, 0.2) is 0 Å². The highest BCUT2D eigenvalue weighted by Gasteiger charge is 2.50. The second kappa shape index (κ2) is 11.0. The minimum absolute atomic E-state index is 0.311. The van der Waals surface area contributed by atoms with Crippen LogP contribution in [0.1, 0.15) is 0 Å². The van der Waals surface area contributed by atoms with Gasteiger partial charge < -0.3 is 13.3 Å². The zero-order valence-electron chi connectivity index (χ0n) is 21.6. The van der Waals surface area contributed by atoms with Gasteiger partial charge in [-0.1, -0.05) is 79.2 Å². The van der Waals surface area contributed by atoms with E-state index in [1.807, 2.05) is 0 Å². The van der Waals surface area contributed by atoms with E-state index in [0.717, 1.165) is 24.2 Å². The fourth-order valence-electron chi connectivity index (χ4n) is 5.17. The predicted octanol–water partition coefficient (Wildman–Crippen LogP) is 7.02. The van der Waals surface area contributed by atoms with Crippen LogP contribution in [0.25, 0.3) is 0 Å². The first-order chi connectivity index (χ1) is 14.3. The first-order valence-electron chi connectivity index (χ1n) is 11.3. The molecule has 0 aliphatic heterocycles. The summed E-state index contributed by atoms with van der Waals surface area (Å²) in [5.74, 6) is 0.311. The predicted molar refractivity (Wildman–Crippen MR) is 148 cm³/mol. The van der Waals surface area contributed by atoms with E-state index in [-0.39, 0.29) is 0 Å². The molecule has 0 amide bonds. The number of rotatable bonds is 14. The topological polar surface area (TPSA) is 27.7 Å². The average Bonchev–Trinajstić information content (AvgIpc) is 3.08. The van der Waals surface area contributed by atoms with Crippen LogP contribution in [-0.4, -0.2) is 54.4 Å². The lowest BCUT2D eigenvalue weighted by Crippen LogP contribution is -2.46. The summed E-state index contributed by atoms with van der Waals surface area (Å²) < 4.78 is 17.7. The van der Waals surface area contributed by atoms with Crippen LogP contribution in [0.5, 0.6) is 0 Å². The summed E-state index contributed by atoms with van der Waals surface area (Å²) in [7, 11) is -2.74. The first-order valence-corrected chi connectivity index (χ1v) is 22.8. The van der Waals surface area contributed by atoms with Crippen molar-refractivity contribution in [1.82, 2.24) is 0 Å². The third kappa shape index (κ3) is 6.28. The van der Waals surface area contributed by atoms with Gasteiger partial charge in [-0.25, -0.2) is 0 Å². The van der Waals surface area contributed by atoms with Crippen molar-refractivity contribution >= 4 is 33.0 Å². The van der Waals surface area contributed by atoms with E-state index in [9.17, 15) is 0 Å². The fourth-order valence-corrected chi connectivity index (χ4v) is 19.4. The molecule has 1 unspecified atom stereocenters. The lowest BCUT2D eigenvalue weighted by atomic mass is 10.2. The summed E-state index contributed by atoms with van der Waals surface area (Å²) in [5.41, 5.74) is 0. The van der Waals surface area contributed by atoms with Gasteiger partial charge in [0, 0.05) is 27.4 Å². The molecule has 0 heterocycles. The van der Waals surface area contributed by atoms with Crippen LogP contribution in [0.3, 0.4) is 0 Å². The molecule has 0 radical (unpaired) electrons. The van der Waals surface area contributed by atoms with Gasteiger partial charge in [0.25, 0.3) is 0 Å². The molecule has 7 heteroatoms. The molecule has 0 spiro atoms. The Hall–Kier alpha value is -0.552. The van der Waals surface area contributed by atoms with E-state index in [0.29, 0.717) is 5.92 Å². The molecular formula is C24H46O3Si4. The summed E-state index contributed by atoms with van der Waals surface area (Å²) >= 11 is 0. The van der Waals surface area contributed by atoms with Crippen LogP contribution < -0.4 is 0 Å². The van der Waals surface area contributed by atoms with E-state index < -0.39 is 33.0 Å². The normalized spacial score (nSPS) is 18.2. The van der Waals surface area contributed by atoms with Gasteiger partial charge in [-0.05, 0) is 24.1 Å². The molecule has 1 aliphatic carbocycles. The van der Waals surface area contributed by atoms with Crippen LogP contribution in [-0.2, 0) is 13.3 Å². The smallest absolute Gasteiger partial charge is 0.377 e. The quantitative estimate of drug-likeness (QED) is 0.192. The Morgan fingerprint density at radius 1 is 0.742 bits per heavy atom. The Morgan fingerprint density at radius 2 is 1.16 bits per heavy atom. The van der Waals surface area contributed by atoms with Crippen molar-refractivity contribution in [3.8, 4) is 0 Å². The van der Waals surface area contributed by atoms with E-state index in [4.69, 9.17) is 13.3 Å². The second-order valence-electron chi connectivity index (χ2n) is 10.6. The number of allylic oxidation sites excluding steroid dienone is 7. The first kappa shape index (κ1) is 28.5. The molecule has 31 heavy (non-hydrogen) atoms. The van der Waals surface area contributed by atoms with Crippen LogP contribution >= 0.6 is 0 Å². The van der Waals surface area contributed by atoms with Crippen molar-refractivity contribution in [1.29, 1.82) is 0 Å². The summed E-state index contributed by atoms with van der Waals surface area (Å²) in [6, 6.07) is 4.05. The van der Waals surface area contributed by atoms with Gasteiger partial charge in [0.1, 0.15) is 0 Å². The highest BCUT2D eigenvalue weighted by Crippen LogP contribution is 2.49. The molecule has 0 aromatic carbocycles. The maximum atomic E-state index is 5.88. The summed E-state index contributed by atoms with van der Waals surface area (Å²) in [5, 5.41) is 5.04. The van der Waals surface area contributed by atoms with Gasteiger partial charge in [-0.2, -0.15) is 0 Å². The van der Waals surface area contributed by atoms with E-state index in [2.05, 4.69) is 83.3 Å². The minimum Gasteiger partial charge on any atom is -0.377 e. The summed E-state index contributed by atoms with van der Waals surface area (Å²) in [6.45, 7) is 27.3. The lowest BCUT2D eigenvalue weighted by Gasteiger charge is -2.38. The Labute approximate surface area is 196 Å². The minimum atomic E-state index is -2.73. The van der Waals surface area contributed by atoms with Crippen molar-refractivity contribution in [2.75, 3.05) is 21.3 Å². The van der Waals surface area contributed by atoms with Crippen LogP contribution in [0.15, 0.2) is 59.6 Å². The number of hydrogen-bond donors (Lipinski definition) is 0. The number of hydrogen-bond acceptors (Lipinski definition) is 3. The van der Waals surface area contributed by atoms with E-state index in [1.165, 1.54) is 0 Å². The third-order valence-electron chi connectivity index (χ3n) is 6.78. The molecule has 3 nitrogen and oxygen atoms in total. The molecule has 0 aromatic heterocycles. The molecule has 176 valence electrons. The Morgan fingerprint density at radius 3 is 1.58 bits per heavy atom. The van der Waals surface area contributed by atoms with Gasteiger partial charge in [-0.15, -0.1) is 19.7 Å². The SMILES string of the molecule is C=CC[Si](C)(C)C1=CC(C[Si](OC)(OC)OC)C([Si](C)(C)CC=C)=C1[Si](C)(C)CC=C. The zero-order chi connectivity index (χ0) is 24.1. The highest BCUT2D eigenvalue weighted by molar-refractivity contribution is 6.96. The van der Waals surface area contributed by atoms with Crippen molar-refractivity contribution in [3.05, 3.63) is 59.6 Å². The molecule has 0 saturated heterocycles. The Balaban J connectivity index is 3.90.